The Morgan fingerprint density at radius 3 is 2.04 bits per heavy atom. The number of fused-ring (bicyclic) bond motifs is 3. The summed E-state index contributed by atoms with van der Waals surface area (Å²) >= 11 is 1.87. The van der Waals surface area contributed by atoms with Gasteiger partial charge in [0.1, 0.15) is 11.7 Å². The number of thiophene rings is 1. The van der Waals surface area contributed by atoms with E-state index in [0.29, 0.717) is 5.92 Å². The van der Waals surface area contributed by atoms with Gasteiger partial charge < -0.3 is 10.6 Å². The van der Waals surface area contributed by atoms with Crippen LogP contribution in [0.5, 0.6) is 0 Å². The summed E-state index contributed by atoms with van der Waals surface area (Å²) in [5.41, 5.74) is 12.5. The molecule has 0 amide bonds. The zero-order valence-electron chi connectivity index (χ0n) is 31.6. The van der Waals surface area contributed by atoms with Crippen molar-refractivity contribution >= 4 is 60.1 Å². The van der Waals surface area contributed by atoms with Gasteiger partial charge >= 0.3 is 0 Å². The molecule has 1 atom stereocenters. The maximum absolute atomic E-state index is 5.14. The van der Waals surface area contributed by atoms with Crippen LogP contribution in [0.15, 0.2) is 198 Å². The van der Waals surface area contributed by atoms with Crippen molar-refractivity contribution in [3.63, 3.8) is 0 Å². The molecule has 57 heavy (non-hydrogen) atoms. The summed E-state index contributed by atoms with van der Waals surface area (Å²) < 4.78 is 2.62. The summed E-state index contributed by atoms with van der Waals surface area (Å²) in [4.78, 5) is 10.3. The molecule has 1 aromatic heterocycles. The molecule has 5 heteroatoms. The van der Waals surface area contributed by atoms with Crippen molar-refractivity contribution in [1.82, 2.24) is 5.32 Å². The maximum atomic E-state index is 5.14. The normalized spacial score (nSPS) is 15.5. The number of nitrogens with one attached hydrogen (secondary N) is 2. The van der Waals surface area contributed by atoms with Crippen molar-refractivity contribution in [3.8, 4) is 22.3 Å². The second kappa shape index (κ2) is 15.0. The molecule has 4 nitrogen and oxygen atoms in total. The average Bonchev–Trinajstić information content (AvgIpc) is 3.66. The van der Waals surface area contributed by atoms with Gasteiger partial charge in [0.15, 0.2) is 6.17 Å². The predicted octanol–water partition coefficient (Wildman–Crippen LogP) is 13.6. The van der Waals surface area contributed by atoms with Gasteiger partial charge in [-0.15, -0.1) is 11.3 Å². The Balaban J connectivity index is 1.06. The van der Waals surface area contributed by atoms with Crippen LogP contribution in [-0.4, -0.2) is 11.7 Å². The van der Waals surface area contributed by atoms with Crippen molar-refractivity contribution in [2.75, 3.05) is 5.32 Å². The molecule has 1 aliphatic carbocycles. The lowest BCUT2D eigenvalue weighted by Gasteiger charge is -2.23. The van der Waals surface area contributed by atoms with Gasteiger partial charge in [-0.25, -0.2) is 9.98 Å². The monoisotopic (exact) mass is 752 g/mol. The third-order valence-electron chi connectivity index (χ3n) is 10.9. The van der Waals surface area contributed by atoms with E-state index in [2.05, 4.69) is 169 Å². The maximum Gasteiger partial charge on any atom is 0.169 e. The molecule has 2 heterocycles. The number of rotatable bonds is 8. The SMILES string of the molecule is CC1C=CC=C(c2cccc(-c3cc(-c4cccc5c4sc4ccccc45)ccc3Nc3cccc(C4N=C(c5ccccc5)NC(c5ccccc5)=N4)c3)c2)C1. The van der Waals surface area contributed by atoms with Crippen LogP contribution in [0, 0.1) is 5.92 Å². The minimum Gasteiger partial charge on any atom is -0.355 e. The van der Waals surface area contributed by atoms with E-state index in [-0.39, 0.29) is 0 Å². The molecule has 0 radical (unpaired) electrons. The lowest BCUT2D eigenvalue weighted by molar-refractivity contribution is 0.749. The highest BCUT2D eigenvalue weighted by Crippen LogP contribution is 2.43. The lowest BCUT2D eigenvalue weighted by Crippen LogP contribution is -2.35. The van der Waals surface area contributed by atoms with E-state index in [1.807, 2.05) is 47.7 Å². The number of benzene rings is 7. The molecule has 1 unspecified atom stereocenters. The zero-order valence-corrected chi connectivity index (χ0v) is 32.4. The van der Waals surface area contributed by atoms with E-state index in [0.717, 1.165) is 51.7 Å². The average molecular weight is 753 g/mol. The Labute approximate surface area is 337 Å². The highest BCUT2D eigenvalue weighted by Gasteiger charge is 2.21. The number of aliphatic imine (C=N–C) groups is 2. The largest absolute Gasteiger partial charge is 0.355 e. The lowest BCUT2D eigenvalue weighted by atomic mass is 9.89. The minimum atomic E-state index is -0.418. The molecule has 274 valence electrons. The van der Waals surface area contributed by atoms with Gasteiger partial charge in [0, 0.05) is 53.8 Å². The summed E-state index contributed by atoms with van der Waals surface area (Å²) in [6, 6.07) is 60.4. The quantitative estimate of drug-likeness (QED) is 0.162. The van der Waals surface area contributed by atoms with E-state index < -0.39 is 6.17 Å². The van der Waals surface area contributed by atoms with Crippen LogP contribution in [0.4, 0.5) is 11.4 Å². The van der Waals surface area contributed by atoms with Crippen LogP contribution in [0.25, 0.3) is 48.0 Å². The third kappa shape index (κ3) is 6.99. The molecule has 0 spiro atoms. The Kier molecular flexibility index (Phi) is 9.13. The molecule has 0 saturated heterocycles. The van der Waals surface area contributed by atoms with E-state index in [1.165, 1.54) is 48.0 Å². The van der Waals surface area contributed by atoms with E-state index >= 15 is 0 Å². The third-order valence-corrected chi connectivity index (χ3v) is 12.1. The van der Waals surface area contributed by atoms with Crippen LogP contribution in [0.3, 0.4) is 0 Å². The fourth-order valence-corrected chi connectivity index (χ4v) is 9.23. The molecule has 0 fully saturated rings. The van der Waals surface area contributed by atoms with Gasteiger partial charge in [-0.05, 0) is 76.6 Å². The number of allylic oxidation sites excluding steroid dienone is 4. The molecular weight excluding hydrogens is 713 g/mol. The smallest absolute Gasteiger partial charge is 0.169 e. The number of hydrogen-bond donors (Lipinski definition) is 2. The Bertz CT molecular complexity index is 2840. The topological polar surface area (TPSA) is 48.8 Å². The van der Waals surface area contributed by atoms with E-state index in [4.69, 9.17) is 9.98 Å². The molecule has 7 aromatic carbocycles. The summed E-state index contributed by atoms with van der Waals surface area (Å²) in [5, 5.41) is 9.97. The molecule has 0 bridgehead atoms. The van der Waals surface area contributed by atoms with E-state index in [1.54, 1.807) is 0 Å². The molecule has 0 saturated carbocycles. The highest BCUT2D eigenvalue weighted by molar-refractivity contribution is 7.26. The van der Waals surface area contributed by atoms with Gasteiger partial charge in [-0.1, -0.05) is 159 Å². The molecule has 2 aliphatic rings. The molecule has 8 aromatic rings. The van der Waals surface area contributed by atoms with Crippen molar-refractivity contribution in [2.45, 2.75) is 19.5 Å². The first-order chi connectivity index (χ1) is 28.1. The van der Waals surface area contributed by atoms with Crippen molar-refractivity contribution < 1.29 is 0 Å². The van der Waals surface area contributed by atoms with Crippen LogP contribution < -0.4 is 10.6 Å². The fraction of sp³-hybridized carbons (Fsp3) is 0.0769. The van der Waals surface area contributed by atoms with Crippen molar-refractivity contribution in [2.24, 2.45) is 15.9 Å². The Hall–Kier alpha value is -6.82. The fourth-order valence-electron chi connectivity index (χ4n) is 8.00. The van der Waals surface area contributed by atoms with Crippen LogP contribution >= 0.6 is 11.3 Å². The van der Waals surface area contributed by atoms with Crippen molar-refractivity contribution in [1.29, 1.82) is 0 Å². The van der Waals surface area contributed by atoms with Crippen LogP contribution in [0.1, 0.15) is 41.8 Å². The summed E-state index contributed by atoms with van der Waals surface area (Å²) in [6.07, 6.45) is 7.36. The summed E-state index contributed by atoms with van der Waals surface area (Å²) in [6.45, 7) is 2.28. The first-order valence-electron chi connectivity index (χ1n) is 19.6. The molecule has 2 N–H and O–H groups in total. The van der Waals surface area contributed by atoms with Gasteiger partial charge in [0.25, 0.3) is 0 Å². The number of nitrogens with zero attached hydrogens (tertiary/aromatic N) is 2. The van der Waals surface area contributed by atoms with Gasteiger partial charge in [-0.3, -0.25) is 0 Å². The zero-order chi connectivity index (χ0) is 38.1. The summed E-state index contributed by atoms with van der Waals surface area (Å²) in [7, 11) is 0. The molecule has 1 aliphatic heterocycles. The van der Waals surface area contributed by atoms with Gasteiger partial charge in [-0.2, -0.15) is 0 Å². The minimum absolute atomic E-state index is 0.418. The highest BCUT2D eigenvalue weighted by atomic mass is 32.1. The Morgan fingerprint density at radius 1 is 0.579 bits per heavy atom. The number of amidine groups is 2. The van der Waals surface area contributed by atoms with Crippen LogP contribution in [0.2, 0.25) is 0 Å². The second-order valence-corrected chi connectivity index (χ2v) is 15.9. The first kappa shape index (κ1) is 34.7. The van der Waals surface area contributed by atoms with E-state index in [9.17, 15) is 0 Å². The van der Waals surface area contributed by atoms with Gasteiger partial charge in [0.2, 0.25) is 0 Å². The summed E-state index contributed by atoms with van der Waals surface area (Å²) in [5.74, 6) is 2.12. The molecule has 10 rings (SSSR count). The number of hydrogen-bond acceptors (Lipinski definition) is 5. The molecular formula is C52H40N4S. The van der Waals surface area contributed by atoms with Crippen LogP contribution in [-0.2, 0) is 0 Å². The predicted molar refractivity (Wildman–Crippen MR) is 243 cm³/mol. The standard InChI is InChI=1S/C52H40N4S/c1-34-14-10-19-37(30-34)38-20-11-21-39(31-38)46-33-40(43-25-13-26-45-44-24-8-9-27-48(44)57-49(43)45)28-29-47(46)53-42-23-12-22-41(32-42)52-55-50(35-15-4-2-5-16-35)54-51(56-52)36-17-6-3-7-18-36/h2-29,31-34,52-53H,30H2,1H3,(H,54,55,56). The second-order valence-electron chi connectivity index (χ2n) is 14.8. The van der Waals surface area contributed by atoms with Crippen molar-refractivity contribution in [3.05, 3.63) is 210 Å². The first-order valence-corrected chi connectivity index (χ1v) is 20.4. The Morgan fingerprint density at radius 2 is 1.25 bits per heavy atom. The number of anilines is 2. The van der Waals surface area contributed by atoms with Gasteiger partial charge in [0.05, 0.1) is 0 Å².